The highest BCUT2D eigenvalue weighted by Gasteiger charge is 2.20. The van der Waals surface area contributed by atoms with Crippen LogP contribution in [0, 0.1) is 6.07 Å². The van der Waals surface area contributed by atoms with E-state index in [0.29, 0.717) is 24.6 Å². The van der Waals surface area contributed by atoms with E-state index in [1.54, 1.807) is 0 Å². The standard InChI is InChI=1S/C13H15N6O/c14-13-18-11-10(12(20)19-13)17-9(7-16-11)6-15-8-4-2-1-3-5-8/h1-2,4-5,9,15,17H,6-7H2,(H4,14,16,18,19,20)/t9-/m0/s1. The SMILES string of the molecule is Nc1nc(=O)c2c([nH]1)NC[C@H](CNc1c[c]ccc1)N2. The molecule has 0 saturated heterocycles. The van der Waals surface area contributed by atoms with Crippen molar-refractivity contribution in [3.8, 4) is 0 Å². The summed E-state index contributed by atoms with van der Waals surface area (Å²) in [6.45, 7) is 1.35. The van der Waals surface area contributed by atoms with Crippen LogP contribution in [-0.4, -0.2) is 29.1 Å². The van der Waals surface area contributed by atoms with Crippen molar-refractivity contribution >= 4 is 23.1 Å². The van der Waals surface area contributed by atoms with Crippen LogP contribution < -0.4 is 27.2 Å². The predicted molar refractivity (Wildman–Crippen MR) is 78.9 cm³/mol. The van der Waals surface area contributed by atoms with Gasteiger partial charge in [0.25, 0.3) is 5.56 Å². The molecule has 0 fully saturated rings. The van der Waals surface area contributed by atoms with Gasteiger partial charge < -0.3 is 26.7 Å². The number of aromatic amines is 1. The Bertz CT molecular complexity index is 654. The second-order valence-electron chi connectivity index (χ2n) is 4.57. The van der Waals surface area contributed by atoms with Crippen molar-refractivity contribution in [1.82, 2.24) is 9.97 Å². The molecule has 3 rings (SSSR count). The third-order valence-electron chi connectivity index (χ3n) is 3.07. The molecule has 6 N–H and O–H groups in total. The molecule has 1 aromatic heterocycles. The van der Waals surface area contributed by atoms with Gasteiger partial charge in [0, 0.05) is 18.8 Å². The number of nitrogen functional groups attached to an aromatic ring is 1. The third kappa shape index (κ3) is 2.51. The topological polar surface area (TPSA) is 108 Å². The zero-order valence-electron chi connectivity index (χ0n) is 10.7. The van der Waals surface area contributed by atoms with Gasteiger partial charge in [0.05, 0.1) is 6.04 Å². The zero-order valence-corrected chi connectivity index (χ0v) is 10.7. The minimum Gasteiger partial charge on any atom is -0.383 e. The second kappa shape index (κ2) is 5.12. The van der Waals surface area contributed by atoms with E-state index in [1.165, 1.54) is 0 Å². The molecular weight excluding hydrogens is 256 g/mol. The van der Waals surface area contributed by atoms with Crippen LogP contribution in [0.15, 0.2) is 29.1 Å². The maximum absolute atomic E-state index is 11.8. The van der Waals surface area contributed by atoms with Gasteiger partial charge in [0.1, 0.15) is 11.5 Å². The van der Waals surface area contributed by atoms with E-state index in [1.807, 2.05) is 24.3 Å². The summed E-state index contributed by atoms with van der Waals surface area (Å²) in [6.07, 6.45) is 0. The number of benzene rings is 1. The van der Waals surface area contributed by atoms with Crippen LogP contribution in [0.3, 0.4) is 0 Å². The number of H-pyrrole nitrogens is 1. The molecule has 103 valence electrons. The van der Waals surface area contributed by atoms with Gasteiger partial charge in [-0.3, -0.25) is 4.79 Å². The number of anilines is 4. The molecule has 20 heavy (non-hydrogen) atoms. The first kappa shape index (κ1) is 12.3. The molecule has 0 spiro atoms. The monoisotopic (exact) mass is 271 g/mol. The van der Waals surface area contributed by atoms with Crippen molar-refractivity contribution in [3.63, 3.8) is 0 Å². The van der Waals surface area contributed by atoms with E-state index in [0.717, 1.165) is 5.69 Å². The Morgan fingerprint density at radius 3 is 3.25 bits per heavy atom. The summed E-state index contributed by atoms with van der Waals surface area (Å²) >= 11 is 0. The van der Waals surface area contributed by atoms with E-state index in [4.69, 9.17) is 5.73 Å². The first-order valence-electron chi connectivity index (χ1n) is 6.32. The van der Waals surface area contributed by atoms with Crippen LogP contribution in [0.4, 0.5) is 23.1 Å². The second-order valence-corrected chi connectivity index (χ2v) is 4.57. The van der Waals surface area contributed by atoms with Gasteiger partial charge in [0.15, 0.2) is 0 Å². The Hall–Kier alpha value is -2.70. The van der Waals surface area contributed by atoms with Gasteiger partial charge in [-0.15, -0.1) is 0 Å². The predicted octanol–water partition coefficient (Wildman–Crippen LogP) is 0.470. The molecule has 1 aromatic carbocycles. The summed E-state index contributed by atoms with van der Waals surface area (Å²) in [7, 11) is 0. The fourth-order valence-corrected chi connectivity index (χ4v) is 2.11. The molecule has 7 nitrogen and oxygen atoms in total. The van der Waals surface area contributed by atoms with Crippen molar-refractivity contribution in [2.75, 3.05) is 34.8 Å². The summed E-state index contributed by atoms with van der Waals surface area (Å²) in [5.74, 6) is 0.700. The summed E-state index contributed by atoms with van der Waals surface area (Å²) < 4.78 is 0. The average Bonchev–Trinajstić information content (AvgIpc) is 2.46. The van der Waals surface area contributed by atoms with Gasteiger partial charge in [-0.25, -0.2) is 0 Å². The molecular formula is C13H15N6O. The maximum Gasteiger partial charge on any atom is 0.300 e. The van der Waals surface area contributed by atoms with Gasteiger partial charge in [-0.2, -0.15) is 4.98 Å². The summed E-state index contributed by atoms with van der Waals surface area (Å²) in [4.78, 5) is 18.3. The number of rotatable bonds is 3. The molecule has 1 atom stereocenters. The van der Waals surface area contributed by atoms with Gasteiger partial charge >= 0.3 is 0 Å². The van der Waals surface area contributed by atoms with E-state index in [9.17, 15) is 4.79 Å². The lowest BCUT2D eigenvalue weighted by atomic mass is 10.2. The summed E-state index contributed by atoms with van der Waals surface area (Å²) in [5, 5.41) is 9.60. The van der Waals surface area contributed by atoms with Crippen LogP contribution in [0.1, 0.15) is 0 Å². The lowest BCUT2D eigenvalue weighted by Gasteiger charge is -2.27. The van der Waals surface area contributed by atoms with Gasteiger partial charge in [0.2, 0.25) is 5.95 Å². The van der Waals surface area contributed by atoms with Crippen molar-refractivity contribution in [1.29, 1.82) is 0 Å². The fourth-order valence-electron chi connectivity index (χ4n) is 2.11. The van der Waals surface area contributed by atoms with Gasteiger partial charge in [-0.05, 0) is 18.2 Å². The largest absolute Gasteiger partial charge is 0.383 e. The van der Waals surface area contributed by atoms with Crippen LogP contribution in [0.25, 0.3) is 0 Å². The van der Waals surface area contributed by atoms with Crippen molar-refractivity contribution in [2.45, 2.75) is 6.04 Å². The number of nitrogens with zero attached hydrogens (tertiary/aromatic N) is 1. The molecule has 7 heteroatoms. The molecule has 1 aliphatic rings. The summed E-state index contributed by atoms with van der Waals surface area (Å²) in [6, 6.07) is 10.7. The van der Waals surface area contributed by atoms with E-state index < -0.39 is 0 Å². The normalized spacial score (nSPS) is 16.7. The Balaban J connectivity index is 1.68. The molecule has 0 unspecified atom stereocenters. The third-order valence-corrected chi connectivity index (χ3v) is 3.07. The molecule has 2 aromatic rings. The van der Waals surface area contributed by atoms with Crippen molar-refractivity contribution < 1.29 is 0 Å². The maximum atomic E-state index is 11.8. The quantitative estimate of drug-likeness (QED) is 0.555. The Labute approximate surface area is 115 Å². The Morgan fingerprint density at radius 1 is 1.55 bits per heavy atom. The number of fused-ring (bicyclic) bond motifs is 1. The van der Waals surface area contributed by atoms with Gasteiger partial charge in [-0.1, -0.05) is 12.1 Å². The lowest BCUT2D eigenvalue weighted by molar-refractivity contribution is 0.762. The van der Waals surface area contributed by atoms with Crippen LogP contribution in [0.2, 0.25) is 0 Å². The van der Waals surface area contributed by atoms with Crippen molar-refractivity contribution in [2.24, 2.45) is 0 Å². The summed E-state index contributed by atoms with van der Waals surface area (Å²) in [5.41, 5.74) is 6.56. The molecule has 0 bridgehead atoms. The lowest BCUT2D eigenvalue weighted by Crippen LogP contribution is -2.41. The number of hydrogen-bond donors (Lipinski definition) is 5. The average molecular weight is 271 g/mol. The number of aromatic nitrogens is 2. The highest BCUT2D eigenvalue weighted by Crippen LogP contribution is 2.19. The smallest absolute Gasteiger partial charge is 0.300 e. The molecule has 0 aliphatic carbocycles. The fraction of sp³-hybridized carbons (Fsp3) is 0.231. The highest BCUT2D eigenvalue weighted by atomic mass is 16.1. The molecule has 2 heterocycles. The zero-order chi connectivity index (χ0) is 13.9. The molecule has 1 radical (unpaired) electrons. The molecule has 1 aliphatic heterocycles. The van der Waals surface area contributed by atoms with Crippen LogP contribution in [0.5, 0.6) is 0 Å². The van der Waals surface area contributed by atoms with E-state index in [-0.39, 0.29) is 17.5 Å². The first-order chi connectivity index (χ1) is 9.72. The Morgan fingerprint density at radius 2 is 2.45 bits per heavy atom. The molecule has 0 saturated carbocycles. The van der Waals surface area contributed by atoms with Crippen LogP contribution in [-0.2, 0) is 0 Å². The number of hydrogen-bond acceptors (Lipinski definition) is 6. The molecule has 0 amide bonds. The van der Waals surface area contributed by atoms with E-state index in [2.05, 4.69) is 32.0 Å². The Kier molecular flexibility index (Phi) is 3.16. The minimum atomic E-state index is -0.360. The van der Waals surface area contributed by atoms with Crippen LogP contribution >= 0.6 is 0 Å². The first-order valence-corrected chi connectivity index (χ1v) is 6.32. The highest BCUT2D eigenvalue weighted by molar-refractivity contribution is 5.67. The minimum absolute atomic E-state index is 0.0780. The van der Waals surface area contributed by atoms with Crippen molar-refractivity contribution in [3.05, 3.63) is 40.7 Å². The number of nitrogens with two attached hydrogens (primary N) is 1. The number of nitrogens with one attached hydrogen (secondary N) is 4. The van der Waals surface area contributed by atoms with E-state index >= 15 is 0 Å².